The smallest absolute Gasteiger partial charge is 0.549 e. The number of hydrogen-bond donors (Lipinski definition) is 1. The largest absolute Gasteiger partial charge is 1.00 e. The van der Waals surface area contributed by atoms with E-state index in [4.69, 9.17) is 0 Å². The van der Waals surface area contributed by atoms with Crippen molar-refractivity contribution in [3.63, 3.8) is 0 Å². The zero-order chi connectivity index (χ0) is 31.5. The number of aliphatic carboxylic acids is 2. The van der Waals surface area contributed by atoms with Crippen molar-refractivity contribution in [1.29, 1.82) is 0 Å². The molecule has 1 unspecified atom stereocenters. The van der Waals surface area contributed by atoms with Gasteiger partial charge in [-0.3, -0.25) is 4.55 Å². The SMILES string of the molecule is CCCCCCCCCCCCCCCC(CCCCCCCCCCCCCCC)(C(=O)[O-])C(C(=O)[O-])S(=O)(=O)O.[Na+].[Na+]. The summed E-state index contributed by atoms with van der Waals surface area (Å²) in [5.41, 5.74) is -2.19. The van der Waals surface area contributed by atoms with Gasteiger partial charge < -0.3 is 19.8 Å². The molecule has 0 aromatic heterocycles. The van der Waals surface area contributed by atoms with E-state index in [2.05, 4.69) is 13.8 Å². The molecule has 0 fully saturated rings. The van der Waals surface area contributed by atoms with Crippen molar-refractivity contribution in [3.8, 4) is 0 Å². The minimum Gasteiger partial charge on any atom is -0.549 e. The summed E-state index contributed by atoms with van der Waals surface area (Å²) >= 11 is 0. The van der Waals surface area contributed by atoms with Gasteiger partial charge in [0.05, 0.1) is 5.97 Å². The van der Waals surface area contributed by atoms with Crippen LogP contribution < -0.4 is 69.3 Å². The summed E-state index contributed by atoms with van der Waals surface area (Å²) in [5.74, 6) is -3.81. The number of rotatable bonds is 32. The molecule has 0 aliphatic heterocycles. The molecule has 0 aromatic carbocycles. The van der Waals surface area contributed by atoms with Gasteiger partial charge in [0.15, 0.2) is 0 Å². The number of unbranched alkanes of at least 4 members (excludes halogenated alkanes) is 24. The van der Waals surface area contributed by atoms with Crippen LogP contribution in [0.3, 0.4) is 0 Å². The number of hydrogen-bond acceptors (Lipinski definition) is 6. The molecule has 0 bridgehead atoms. The van der Waals surface area contributed by atoms with E-state index in [-0.39, 0.29) is 72.0 Å². The molecule has 0 saturated carbocycles. The summed E-state index contributed by atoms with van der Waals surface area (Å²) in [6.07, 6.45) is 28.0. The van der Waals surface area contributed by atoms with E-state index in [0.29, 0.717) is 25.7 Å². The number of carboxylic acids is 2. The van der Waals surface area contributed by atoms with Crippen molar-refractivity contribution in [2.24, 2.45) is 5.41 Å². The summed E-state index contributed by atoms with van der Waals surface area (Å²) in [5, 5.41) is 21.6. The summed E-state index contributed by atoms with van der Waals surface area (Å²) in [6, 6.07) is 0. The standard InChI is InChI=1S/C34H66O7S.2Na/c1-3-5-7-9-11-13-15-17-19-21-23-25-27-29-34(33(37)38,31(32(35)36)42(39,40)41)30-28-26-24-22-20-18-16-14-12-10-8-6-4-2;;/h31H,3-30H2,1-2H3,(H,35,36)(H,37,38)(H,39,40,41);;/q;2*+1/p-2. The Hall–Kier alpha value is 0.850. The van der Waals surface area contributed by atoms with E-state index in [1.807, 2.05) is 0 Å². The van der Waals surface area contributed by atoms with Crippen LogP contribution in [0.2, 0.25) is 0 Å². The van der Waals surface area contributed by atoms with Gasteiger partial charge in [0.25, 0.3) is 10.1 Å². The van der Waals surface area contributed by atoms with Crippen LogP contribution in [0.1, 0.15) is 194 Å². The summed E-state index contributed by atoms with van der Waals surface area (Å²) in [6.45, 7) is 4.44. The van der Waals surface area contributed by atoms with Crippen LogP contribution in [0.15, 0.2) is 0 Å². The van der Waals surface area contributed by atoms with Crippen molar-refractivity contribution >= 4 is 22.1 Å². The average Bonchev–Trinajstić information content (AvgIpc) is 2.92. The number of carbonyl (C=O) groups is 2. The molecule has 0 aliphatic carbocycles. The Morgan fingerprint density at radius 1 is 0.523 bits per heavy atom. The summed E-state index contributed by atoms with van der Waals surface area (Å²) in [7, 11) is -5.19. The number of carboxylic acid groups (broad SMARTS) is 2. The van der Waals surface area contributed by atoms with Crippen molar-refractivity contribution in [1.82, 2.24) is 0 Å². The normalized spacial score (nSPS) is 12.3. The first-order valence-corrected chi connectivity index (χ1v) is 19.0. The van der Waals surface area contributed by atoms with Gasteiger partial charge >= 0.3 is 59.1 Å². The average molecular weight is 663 g/mol. The molecule has 7 nitrogen and oxygen atoms in total. The molecule has 0 rings (SSSR count). The molecule has 250 valence electrons. The first-order chi connectivity index (χ1) is 20.1. The Balaban J connectivity index is -0.00000840. The zero-order valence-electron chi connectivity index (χ0n) is 29.2. The molecule has 1 atom stereocenters. The van der Waals surface area contributed by atoms with Crippen LogP contribution in [0, 0.1) is 5.41 Å². The van der Waals surface area contributed by atoms with E-state index in [1.165, 1.54) is 103 Å². The maximum Gasteiger partial charge on any atom is 1.00 e. The van der Waals surface area contributed by atoms with Crippen molar-refractivity contribution in [2.45, 2.75) is 199 Å². The minimum atomic E-state index is -5.19. The second-order valence-corrected chi connectivity index (χ2v) is 14.1. The van der Waals surface area contributed by atoms with E-state index in [0.717, 1.165) is 38.5 Å². The van der Waals surface area contributed by atoms with Crippen LogP contribution in [0.4, 0.5) is 0 Å². The summed E-state index contributed by atoms with van der Waals surface area (Å²) in [4.78, 5) is 24.2. The van der Waals surface area contributed by atoms with Gasteiger partial charge in [-0.2, -0.15) is 8.42 Å². The number of carbonyl (C=O) groups excluding carboxylic acids is 2. The first kappa shape index (κ1) is 49.2. The van der Waals surface area contributed by atoms with Gasteiger partial charge in [-0.1, -0.05) is 181 Å². The van der Waals surface area contributed by atoms with E-state index >= 15 is 0 Å². The van der Waals surface area contributed by atoms with Crippen LogP contribution >= 0.6 is 0 Å². The molecule has 10 heteroatoms. The van der Waals surface area contributed by atoms with Gasteiger partial charge in [-0.15, -0.1) is 0 Å². The topological polar surface area (TPSA) is 135 Å². The fraction of sp³-hybridized carbons (Fsp3) is 0.941. The maximum absolute atomic E-state index is 12.3. The first-order valence-electron chi connectivity index (χ1n) is 17.5. The fourth-order valence-electron chi connectivity index (χ4n) is 6.25. The van der Waals surface area contributed by atoms with Crippen LogP contribution in [-0.2, 0) is 19.7 Å². The van der Waals surface area contributed by atoms with Crippen LogP contribution in [0.25, 0.3) is 0 Å². The van der Waals surface area contributed by atoms with E-state index in [9.17, 15) is 32.8 Å². The van der Waals surface area contributed by atoms with Gasteiger partial charge in [0.2, 0.25) is 0 Å². The van der Waals surface area contributed by atoms with Gasteiger partial charge in [-0.25, -0.2) is 0 Å². The molecular formula is C34H64Na2O7S. The Bertz CT molecular complexity index is 748. The molecule has 0 heterocycles. The molecule has 0 radical (unpaired) electrons. The second kappa shape index (κ2) is 32.4. The fourth-order valence-corrected chi connectivity index (χ4v) is 7.39. The maximum atomic E-state index is 12.3. The van der Waals surface area contributed by atoms with Crippen molar-refractivity contribution in [3.05, 3.63) is 0 Å². The van der Waals surface area contributed by atoms with E-state index < -0.39 is 32.7 Å². The second-order valence-electron chi connectivity index (χ2n) is 12.6. The van der Waals surface area contributed by atoms with Crippen LogP contribution in [-0.4, -0.2) is 30.2 Å². The zero-order valence-corrected chi connectivity index (χ0v) is 34.0. The Kier molecular flexibility index (Phi) is 36.3. The Morgan fingerprint density at radius 3 is 0.932 bits per heavy atom. The molecule has 0 aliphatic rings. The minimum absolute atomic E-state index is 0. The predicted octanol–water partition coefficient (Wildman–Crippen LogP) is 1.70. The monoisotopic (exact) mass is 662 g/mol. The molecular weight excluding hydrogens is 598 g/mol. The Labute approximate surface area is 315 Å². The molecule has 1 N–H and O–H groups in total. The molecule has 0 aromatic rings. The molecule has 0 amide bonds. The Morgan fingerprint density at radius 2 is 0.750 bits per heavy atom. The van der Waals surface area contributed by atoms with Crippen LogP contribution in [0.5, 0.6) is 0 Å². The third-order valence-electron chi connectivity index (χ3n) is 8.87. The van der Waals surface area contributed by atoms with Gasteiger partial charge in [0, 0.05) is 11.4 Å². The summed E-state index contributed by atoms with van der Waals surface area (Å²) < 4.78 is 33.8. The molecule has 0 saturated heterocycles. The molecule has 44 heavy (non-hydrogen) atoms. The van der Waals surface area contributed by atoms with Crippen molar-refractivity contribution in [2.75, 3.05) is 0 Å². The van der Waals surface area contributed by atoms with Gasteiger partial charge in [0.1, 0.15) is 5.25 Å². The van der Waals surface area contributed by atoms with E-state index in [1.54, 1.807) is 0 Å². The third-order valence-corrected chi connectivity index (χ3v) is 10.1. The molecule has 0 spiro atoms. The quantitative estimate of drug-likeness (QED) is 0.0659. The van der Waals surface area contributed by atoms with Crippen molar-refractivity contribution < 1.29 is 91.9 Å². The third kappa shape index (κ3) is 24.9. The van der Waals surface area contributed by atoms with Gasteiger partial charge in [-0.05, 0) is 12.8 Å². The predicted molar refractivity (Wildman–Crippen MR) is 168 cm³/mol.